The van der Waals surface area contributed by atoms with Crippen LogP contribution >= 0.6 is 0 Å². The molecule has 1 heterocycles. The predicted molar refractivity (Wildman–Crippen MR) is 64.6 cm³/mol. The van der Waals surface area contributed by atoms with E-state index in [1.807, 2.05) is 0 Å². The molecule has 0 atom stereocenters. The summed E-state index contributed by atoms with van der Waals surface area (Å²) < 4.78 is 0. The molecule has 0 unspecified atom stereocenters. The average Bonchev–Trinajstić information content (AvgIpc) is 2.96. The van der Waals surface area contributed by atoms with Crippen LogP contribution in [0.15, 0.2) is 18.2 Å². The van der Waals surface area contributed by atoms with E-state index in [2.05, 4.69) is 36.9 Å². The molecule has 0 radical (unpaired) electrons. The highest BCUT2D eigenvalue weighted by Crippen LogP contribution is 2.45. The third-order valence-electron chi connectivity index (χ3n) is 3.74. The van der Waals surface area contributed by atoms with Crippen LogP contribution in [0.25, 0.3) is 0 Å². The second-order valence-corrected chi connectivity index (χ2v) is 5.16. The first-order valence-corrected chi connectivity index (χ1v) is 6.16. The number of nitrogens with zero attached hydrogens (tertiary/aromatic N) is 1. The van der Waals surface area contributed by atoms with Crippen LogP contribution in [0, 0.1) is 0 Å². The van der Waals surface area contributed by atoms with Gasteiger partial charge in [0, 0.05) is 18.3 Å². The Morgan fingerprint density at radius 3 is 2.73 bits per heavy atom. The van der Waals surface area contributed by atoms with Gasteiger partial charge in [-0.15, -0.1) is 0 Å². The van der Waals surface area contributed by atoms with Gasteiger partial charge in [0.15, 0.2) is 0 Å². The smallest absolute Gasteiger partial charge is 0.0404 e. The molecule has 1 nitrogen and oxygen atoms in total. The zero-order valence-electron chi connectivity index (χ0n) is 9.66. The van der Waals surface area contributed by atoms with Gasteiger partial charge in [0.25, 0.3) is 0 Å². The summed E-state index contributed by atoms with van der Waals surface area (Å²) in [4.78, 5) is 2.54. The molecule has 0 N–H and O–H groups in total. The largest absolute Gasteiger partial charge is 0.369 e. The van der Waals surface area contributed by atoms with E-state index in [4.69, 9.17) is 0 Å². The number of anilines is 1. The minimum absolute atomic E-state index is 0.640. The Hall–Kier alpha value is -0.980. The van der Waals surface area contributed by atoms with Crippen LogP contribution in [0.3, 0.4) is 0 Å². The van der Waals surface area contributed by atoms with Crippen molar-refractivity contribution in [1.82, 2.24) is 0 Å². The summed E-state index contributed by atoms with van der Waals surface area (Å²) in [6.07, 6.45) is 4.09. The highest BCUT2D eigenvalue weighted by molar-refractivity contribution is 5.62. The monoisotopic (exact) mass is 201 g/mol. The number of rotatable bonds is 2. The van der Waals surface area contributed by atoms with Crippen molar-refractivity contribution in [3.63, 3.8) is 0 Å². The van der Waals surface area contributed by atoms with E-state index in [1.165, 1.54) is 31.5 Å². The lowest BCUT2D eigenvalue weighted by Crippen LogP contribution is -2.28. The minimum atomic E-state index is 0.640. The fourth-order valence-electron chi connectivity index (χ4n) is 2.80. The third kappa shape index (κ3) is 1.45. The second kappa shape index (κ2) is 3.26. The molecule has 1 heteroatoms. The lowest BCUT2D eigenvalue weighted by atomic mass is 10.0. The van der Waals surface area contributed by atoms with Gasteiger partial charge in [0.1, 0.15) is 0 Å². The van der Waals surface area contributed by atoms with Gasteiger partial charge < -0.3 is 4.90 Å². The van der Waals surface area contributed by atoms with Crippen LogP contribution in [0.2, 0.25) is 0 Å². The first-order chi connectivity index (χ1) is 7.27. The Bertz CT molecular complexity index is 377. The summed E-state index contributed by atoms with van der Waals surface area (Å²) >= 11 is 0. The maximum atomic E-state index is 2.54. The van der Waals surface area contributed by atoms with Crippen LogP contribution in [-0.4, -0.2) is 12.6 Å². The lowest BCUT2D eigenvalue weighted by molar-refractivity contribution is 0.710. The molecule has 1 aliphatic heterocycles. The van der Waals surface area contributed by atoms with E-state index in [0.29, 0.717) is 6.04 Å². The van der Waals surface area contributed by atoms with Crippen molar-refractivity contribution in [2.45, 2.75) is 45.1 Å². The molecule has 1 saturated carbocycles. The summed E-state index contributed by atoms with van der Waals surface area (Å²) in [7, 11) is 0. The molecule has 15 heavy (non-hydrogen) atoms. The maximum absolute atomic E-state index is 2.54. The van der Waals surface area contributed by atoms with Gasteiger partial charge in [-0.2, -0.15) is 0 Å². The van der Waals surface area contributed by atoms with Crippen LogP contribution in [0.1, 0.15) is 43.7 Å². The Labute approximate surface area is 92.1 Å². The molecule has 0 aromatic heterocycles. The molecule has 1 aliphatic carbocycles. The van der Waals surface area contributed by atoms with Crippen LogP contribution in [-0.2, 0) is 6.42 Å². The van der Waals surface area contributed by atoms with Crippen molar-refractivity contribution in [2.24, 2.45) is 0 Å². The minimum Gasteiger partial charge on any atom is -0.369 e. The zero-order valence-corrected chi connectivity index (χ0v) is 9.66. The number of hydrogen-bond donors (Lipinski definition) is 0. The quantitative estimate of drug-likeness (QED) is 0.709. The molecule has 0 amide bonds. The van der Waals surface area contributed by atoms with Crippen LogP contribution < -0.4 is 4.90 Å². The van der Waals surface area contributed by atoms with Crippen molar-refractivity contribution in [3.8, 4) is 0 Å². The van der Waals surface area contributed by atoms with Gasteiger partial charge >= 0.3 is 0 Å². The predicted octanol–water partition coefficient (Wildman–Crippen LogP) is 3.33. The lowest BCUT2D eigenvalue weighted by Gasteiger charge is -2.24. The summed E-state index contributed by atoms with van der Waals surface area (Å²) in [5, 5.41) is 0. The van der Waals surface area contributed by atoms with E-state index < -0.39 is 0 Å². The molecular formula is C14H19N. The van der Waals surface area contributed by atoms with E-state index in [1.54, 1.807) is 11.1 Å². The SMILES string of the molecule is CC(C)N1CCc2c(C3CC3)cccc21. The number of hydrogen-bond acceptors (Lipinski definition) is 1. The molecule has 2 aliphatic rings. The highest BCUT2D eigenvalue weighted by atomic mass is 15.2. The van der Waals surface area contributed by atoms with Crippen molar-refractivity contribution in [3.05, 3.63) is 29.3 Å². The molecule has 0 saturated heterocycles. The molecular weight excluding hydrogens is 182 g/mol. The van der Waals surface area contributed by atoms with E-state index in [-0.39, 0.29) is 0 Å². The van der Waals surface area contributed by atoms with Gasteiger partial charge in [-0.3, -0.25) is 0 Å². The number of benzene rings is 1. The summed E-state index contributed by atoms with van der Waals surface area (Å²) in [5.74, 6) is 0.895. The average molecular weight is 201 g/mol. The highest BCUT2D eigenvalue weighted by Gasteiger charge is 2.30. The Balaban J connectivity index is 2.02. The van der Waals surface area contributed by atoms with Crippen molar-refractivity contribution in [1.29, 1.82) is 0 Å². The van der Waals surface area contributed by atoms with Crippen molar-refractivity contribution in [2.75, 3.05) is 11.4 Å². The summed E-state index contributed by atoms with van der Waals surface area (Å²) in [5.41, 5.74) is 4.80. The number of fused-ring (bicyclic) bond motifs is 1. The Morgan fingerprint density at radius 2 is 2.07 bits per heavy atom. The molecule has 3 rings (SSSR count). The Kier molecular flexibility index (Phi) is 2.01. The van der Waals surface area contributed by atoms with E-state index in [0.717, 1.165) is 5.92 Å². The van der Waals surface area contributed by atoms with Gasteiger partial charge in [-0.05, 0) is 56.2 Å². The van der Waals surface area contributed by atoms with E-state index in [9.17, 15) is 0 Å². The molecule has 0 bridgehead atoms. The van der Waals surface area contributed by atoms with Gasteiger partial charge in [-0.1, -0.05) is 12.1 Å². The first-order valence-electron chi connectivity index (χ1n) is 6.16. The fourth-order valence-corrected chi connectivity index (χ4v) is 2.80. The van der Waals surface area contributed by atoms with Crippen molar-refractivity contribution >= 4 is 5.69 Å². The topological polar surface area (TPSA) is 3.24 Å². The molecule has 1 aromatic carbocycles. The Morgan fingerprint density at radius 1 is 1.27 bits per heavy atom. The molecule has 0 spiro atoms. The fraction of sp³-hybridized carbons (Fsp3) is 0.571. The first kappa shape index (κ1) is 9.26. The van der Waals surface area contributed by atoms with Gasteiger partial charge in [-0.25, -0.2) is 0 Å². The van der Waals surface area contributed by atoms with Gasteiger partial charge in [0.2, 0.25) is 0 Å². The maximum Gasteiger partial charge on any atom is 0.0404 e. The molecule has 80 valence electrons. The standard InChI is InChI=1S/C14H19N/c1-10(2)15-9-8-13-12(11-6-7-11)4-3-5-14(13)15/h3-5,10-11H,6-9H2,1-2H3. The second-order valence-electron chi connectivity index (χ2n) is 5.16. The van der Waals surface area contributed by atoms with Gasteiger partial charge in [0.05, 0.1) is 0 Å². The van der Waals surface area contributed by atoms with Crippen LogP contribution in [0.4, 0.5) is 5.69 Å². The zero-order chi connectivity index (χ0) is 10.4. The third-order valence-corrected chi connectivity index (χ3v) is 3.74. The van der Waals surface area contributed by atoms with E-state index >= 15 is 0 Å². The summed E-state index contributed by atoms with van der Waals surface area (Å²) in [6.45, 7) is 5.80. The summed E-state index contributed by atoms with van der Waals surface area (Å²) in [6, 6.07) is 7.53. The molecule has 1 fully saturated rings. The van der Waals surface area contributed by atoms with Crippen LogP contribution in [0.5, 0.6) is 0 Å². The normalized spacial score (nSPS) is 19.8. The van der Waals surface area contributed by atoms with Crippen molar-refractivity contribution < 1.29 is 0 Å². The molecule has 1 aromatic rings.